The molecule has 2 aromatic rings. The van der Waals surface area contributed by atoms with E-state index in [1.807, 2.05) is 36.4 Å². The Morgan fingerprint density at radius 2 is 1.57 bits per heavy atom. The number of amidine groups is 1. The predicted molar refractivity (Wildman–Crippen MR) is 81.4 cm³/mol. The van der Waals surface area contributed by atoms with Crippen molar-refractivity contribution in [2.24, 2.45) is 5.73 Å². The number of nitrogens with one attached hydrogen (secondary N) is 1. The third-order valence-electron chi connectivity index (χ3n) is 2.85. The van der Waals surface area contributed by atoms with Crippen molar-refractivity contribution in [3.05, 3.63) is 54.1 Å². The molecule has 5 nitrogen and oxygen atoms in total. The van der Waals surface area contributed by atoms with Crippen LogP contribution >= 0.6 is 0 Å². The van der Waals surface area contributed by atoms with Crippen LogP contribution in [0, 0.1) is 5.41 Å². The standard InChI is InChI=1S/C16H18N2O3/c1-19-12-6-8-13(9-7-12)20-10-11-21-15-5-3-2-4-14(15)16(17)18/h2-9H,10-11H2,1H3,(H3,17,18). The Morgan fingerprint density at radius 3 is 2.24 bits per heavy atom. The summed E-state index contributed by atoms with van der Waals surface area (Å²) in [6, 6.07) is 14.5. The SMILES string of the molecule is COc1ccc(OCCOc2ccccc2C(=N)N)cc1. The maximum Gasteiger partial charge on any atom is 0.130 e. The van der Waals surface area contributed by atoms with Gasteiger partial charge in [-0.3, -0.25) is 5.41 Å². The highest BCUT2D eigenvalue weighted by molar-refractivity contribution is 5.97. The minimum absolute atomic E-state index is 0.0123. The third-order valence-corrected chi connectivity index (χ3v) is 2.85. The zero-order valence-electron chi connectivity index (χ0n) is 11.8. The Hall–Kier alpha value is -2.69. The number of ether oxygens (including phenoxy) is 3. The van der Waals surface area contributed by atoms with Gasteiger partial charge in [0.1, 0.15) is 36.3 Å². The summed E-state index contributed by atoms with van der Waals surface area (Å²) in [4.78, 5) is 0. The Balaban J connectivity index is 1.83. The lowest BCUT2D eigenvalue weighted by Gasteiger charge is -2.11. The van der Waals surface area contributed by atoms with E-state index >= 15 is 0 Å². The van der Waals surface area contributed by atoms with Gasteiger partial charge in [-0.2, -0.15) is 0 Å². The highest BCUT2D eigenvalue weighted by Gasteiger charge is 2.05. The molecule has 0 radical (unpaired) electrons. The molecule has 5 heteroatoms. The molecule has 21 heavy (non-hydrogen) atoms. The zero-order chi connectivity index (χ0) is 15.1. The van der Waals surface area contributed by atoms with E-state index in [-0.39, 0.29) is 5.84 Å². The van der Waals surface area contributed by atoms with Crippen molar-refractivity contribution in [3.63, 3.8) is 0 Å². The van der Waals surface area contributed by atoms with Crippen molar-refractivity contribution < 1.29 is 14.2 Å². The Bertz CT molecular complexity index is 597. The summed E-state index contributed by atoms with van der Waals surface area (Å²) in [6.07, 6.45) is 0. The predicted octanol–water partition coefficient (Wildman–Crippen LogP) is 2.44. The number of hydrogen-bond acceptors (Lipinski definition) is 4. The average Bonchev–Trinajstić information content (AvgIpc) is 2.52. The second kappa shape index (κ2) is 7.19. The topological polar surface area (TPSA) is 77.6 Å². The van der Waals surface area contributed by atoms with Crippen molar-refractivity contribution in [2.75, 3.05) is 20.3 Å². The fraction of sp³-hybridized carbons (Fsp3) is 0.188. The van der Waals surface area contributed by atoms with Crippen molar-refractivity contribution in [1.82, 2.24) is 0 Å². The minimum Gasteiger partial charge on any atom is -0.497 e. The molecular weight excluding hydrogens is 268 g/mol. The number of nitrogen functional groups attached to an aromatic ring is 1. The number of hydrogen-bond donors (Lipinski definition) is 2. The molecule has 0 amide bonds. The number of nitrogens with two attached hydrogens (primary N) is 1. The van der Waals surface area contributed by atoms with E-state index in [2.05, 4.69) is 0 Å². The van der Waals surface area contributed by atoms with Crippen LogP contribution in [0.25, 0.3) is 0 Å². The monoisotopic (exact) mass is 286 g/mol. The second-order valence-corrected chi connectivity index (χ2v) is 4.28. The van der Waals surface area contributed by atoms with Crippen LogP contribution in [0.15, 0.2) is 48.5 Å². The van der Waals surface area contributed by atoms with Crippen molar-refractivity contribution in [2.45, 2.75) is 0 Å². The van der Waals surface area contributed by atoms with E-state index in [1.54, 1.807) is 19.2 Å². The molecule has 0 aliphatic rings. The zero-order valence-corrected chi connectivity index (χ0v) is 11.8. The molecular formula is C16H18N2O3. The molecule has 0 heterocycles. The number of methoxy groups -OCH3 is 1. The van der Waals surface area contributed by atoms with Crippen molar-refractivity contribution >= 4 is 5.84 Å². The highest BCUT2D eigenvalue weighted by Crippen LogP contribution is 2.18. The molecule has 0 spiro atoms. The molecule has 0 bridgehead atoms. The fourth-order valence-corrected chi connectivity index (χ4v) is 1.80. The van der Waals surface area contributed by atoms with Gasteiger partial charge in [0.2, 0.25) is 0 Å². The molecule has 0 atom stereocenters. The smallest absolute Gasteiger partial charge is 0.130 e. The van der Waals surface area contributed by atoms with Crippen LogP contribution in [0.3, 0.4) is 0 Å². The molecule has 2 rings (SSSR count). The lowest BCUT2D eigenvalue weighted by atomic mass is 10.2. The molecule has 0 fully saturated rings. The molecule has 0 saturated heterocycles. The summed E-state index contributed by atoms with van der Waals surface area (Å²) in [5, 5.41) is 7.48. The first-order valence-electron chi connectivity index (χ1n) is 6.54. The van der Waals surface area contributed by atoms with E-state index in [1.165, 1.54) is 0 Å². The molecule has 0 aliphatic heterocycles. The summed E-state index contributed by atoms with van der Waals surface area (Å²) in [7, 11) is 1.62. The molecule has 0 saturated carbocycles. The summed E-state index contributed by atoms with van der Waals surface area (Å²) >= 11 is 0. The van der Waals surface area contributed by atoms with E-state index in [0.717, 1.165) is 11.5 Å². The van der Waals surface area contributed by atoms with Gasteiger partial charge in [0, 0.05) is 0 Å². The number of benzene rings is 2. The third kappa shape index (κ3) is 4.14. The molecule has 0 aliphatic carbocycles. The Kier molecular flexibility index (Phi) is 5.04. The van der Waals surface area contributed by atoms with E-state index in [4.69, 9.17) is 25.4 Å². The van der Waals surface area contributed by atoms with E-state index < -0.39 is 0 Å². The fourth-order valence-electron chi connectivity index (χ4n) is 1.80. The number of rotatable bonds is 7. The van der Waals surface area contributed by atoms with Crippen LogP contribution in [-0.4, -0.2) is 26.2 Å². The summed E-state index contributed by atoms with van der Waals surface area (Å²) < 4.78 is 16.2. The summed E-state index contributed by atoms with van der Waals surface area (Å²) in [5.74, 6) is 2.11. The van der Waals surface area contributed by atoms with Crippen LogP contribution in [0.2, 0.25) is 0 Å². The van der Waals surface area contributed by atoms with Gasteiger partial charge in [-0.1, -0.05) is 12.1 Å². The quantitative estimate of drug-likeness (QED) is 0.465. The highest BCUT2D eigenvalue weighted by atomic mass is 16.5. The molecule has 3 N–H and O–H groups in total. The number of para-hydroxylation sites is 1. The second-order valence-electron chi connectivity index (χ2n) is 4.28. The lowest BCUT2D eigenvalue weighted by molar-refractivity contribution is 0.217. The minimum atomic E-state index is -0.0123. The van der Waals surface area contributed by atoms with Gasteiger partial charge in [-0.15, -0.1) is 0 Å². The summed E-state index contributed by atoms with van der Waals surface area (Å²) in [6.45, 7) is 0.773. The van der Waals surface area contributed by atoms with Crippen LogP contribution in [-0.2, 0) is 0 Å². The molecule has 2 aromatic carbocycles. The first-order chi connectivity index (χ1) is 10.2. The maximum atomic E-state index is 7.48. The van der Waals surface area contributed by atoms with Gasteiger partial charge in [-0.05, 0) is 36.4 Å². The molecule has 0 aromatic heterocycles. The van der Waals surface area contributed by atoms with Crippen LogP contribution < -0.4 is 19.9 Å². The van der Waals surface area contributed by atoms with Crippen molar-refractivity contribution in [3.8, 4) is 17.2 Å². The van der Waals surface area contributed by atoms with Gasteiger partial charge in [-0.25, -0.2) is 0 Å². The van der Waals surface area contributed by atoms with Crippen molar-refractivity contribution in [1.29, 1.82) is 5.41 Å². The Labute approximate surface area is 123 Å². The van der Waals surface area contributed by atoms with Crippen LogP contribution in [0.1, 0.15) is 5.56 Å². The van der Waals surface area contributed by atoms with Crippen LogP contribution in [0.5, 0.6) is 17.2 Å². The average molecular weight is 286 g/mol. The summed E-state index contributed by atoms with van der Waals surface area (Å²) in [5.41, 5.74) is 6.08. The Morgan fingerprint density at radius 1 is 0.952 bits per heavy atom. The van der Waals surface area contributed by atoms with Gasteiger partial charge in [0.25, 0.3) is 0 Å². The largest absolute Gasteiger partial charge is 0.497 e. The lowest BCUT2D eigenvalue weighted by Crippen LogP contribution is -2.15. The first kappa shape index (κ1) is 14.7. The first-order valence-corrected chi connectivity index (χ1v) is 6.54. The van der Waals surface area contributed by atoms with Gasteiger partial charge >= 0.3 is 0 Å². The van der Waals surface area contributed by atoms with E-state index in [0.29, 0.717) is 24.5 Å². The maximum absolute atomic E-state index is 7.48. The van der Waals surface area contributed by atoms with E-state index in [9.17, 15) is 0 Å². The van der Waals surface area contributed by atoms with Gasteiger partial charge in [0.15, 0.2) is 0 Å². The van der Waals surface area contributed by atoms with Crippen LogP contribution in [0.4, 0.5) is 0 Å². The molecule has 110 valence electrons. The van der Waals surface area contributed by atoms with Gasteiger partial charge < -0.3 is 19.9 Å². The normalized spacial score (nSPS) is 9.95. The molecule has 0 unspecified atom stereocenters. The van der Waals surface area contributed by atoms with Gasteiger partial charge in [0.05, 0.1) is 12.7 Å².